The third kappa shape index (κ3) is 40.5. The molecule has 0 amide bonds. The summed E-state index contributed by atoms with van der Waals surface area (Å²) in [6, 6.07) is 0. The van der Waals surface area contributed by atoms with Crippen molar-refractivity contribution in [1.82, 2.24) is 6.15 Å². The zero-order valence-electron chi connectivity index (χ0n) is 2.58. The zero-order valence-corrected chi connectivity index (χ0v) is 7.41. The molecule has 0 spiro atoms. The molecule has 0 unspecified atom stereocenters. The van der Waals surface area contributed by atoms with E-state index in [1.165, 1.54) is 0 Å². The van der Waals surface area contributed by atoms with Crippen LogP contribution in [0.25, 0.3) is 0 Å². The summed E-state index contributed by atoms with van der Waals surface area (Å²) in [7, 11) is 0. The van der Waals surface area contributed by atoms with Gasteiger partial charge >= 0.3 is 0 Å². The van der Waals surface area contributed by atoms with Crippen molar-refractivity contribution in [1.29, 1.82) is 0 Å². The summed E-state index contributed by atoms with van der Waals surface area (Å²) in [6.45, 7) is 0. The molecule has 3 radical (unpaired) electrons. The maximum atomic E-state index is 0. The standard InChI is InChI=1S/4ClH.N.Ti/h4*1H;;. The third-order valence-electron chi connectivity index (χ3n) is 0. The van der Waals surface area contributed by atoms with Crippen molar-refractivity contribution in [2.45, 2.75) is 0 Å². The molecule has 0 aromatic carbocycles. The molecule has 0 aromatic rings. The Balaban J connectivity index is 0. The van der Waals surface area contributed by atoms with E-state index >= 15 is 0 Å². The van der Waals surface area contributed by atoms with Crippen LogP contribution in [0.5, 0.6) is 0 Å². The van der Waals surface area contributed by atoms with E-state index in [4.69, 9.17) is 0 Å². The van der Waals surface area contributed by atoms with Crippen molar-refractivity contribution in [3.63, 3.8) is 0 Å². The van der Waals surface area contributed by atoms with Crippen LogP contribution in [0, 0.1) is 0 Å². The van der Waals surface area contributed by atoms with Crippen LogP contribution >= 0.6 is 49.6 Å². The van der Waals surface area contributed by atoms with E-state index in [1.54, 1.807) is 0 Å². The van der Waals surface area contributed by atoms with Gasteiger partial charge in [0, 0.05) is 27.9 Å². The maximum Gasteiger partial charge on any atom is 0 e. The van der Waals surface area contributed by atoms with E-state index in [0.717, 1.165) is 0 Å². The maximum absolute atomic E-state index is 0. The summed E-state index contributed by atoms with van der Waals surface area (Å²) < 4.78 is 0. The van der Waals surface area contributed by atoms with Gasteiger partial charge in [-0.25, -0.2) is 0 Å². The Morgan fingerprint density at radius 2 is 0.500 bits per heavy atom. The Labute approximate surface area is 77.1 Å². The van der Waals surface area contributed by atoms with Crippen LogP contribution in [0.1, 0.15) is 0 Å². The van der Waals surface area contributed by atoms with Crippen molar-refractivity contribution in [2.75, 3.05) is 0 Å². The molecule has 0 aliphatic heterocycles. The second-order valence-corrected chi connectivity index (χ2v) is 0. The number of nitrogens with zero attached hydrogens (tertiary/aromatic N) is 1. The average molecular weight is 208 g/mol. The topological polar surface area (TPSA) is 30.5 Å². The molecule has 0 aromatic heterocycles. The van der Waals surface area contributed by atoms with Crippen LogP contribution in [-0.4, -0.2) is 0 Å². The number of halogens is 4. The van der Waals surface area contributed by atoms with Gasteiger partial charge in [-0.1, -0.05) is 0 Å². The van der Waals surface area contributed by atoms with Crippen LogP contribution in [0.3, 0.4) is 0 Å². The second kappa shape index (κ2) is 69.1. The first-order valence-corrected chi connectivity index (χ1v) is 0. The predicted octanol–water partition coefficient (Wildman–Crippen LogP) is 1.20. The van der Waals surface area contributed by atoms with E-state index < -0.39 is 0 Å². The molecule has 0 saturated heterocycles. The smallest absolute Gasteiger partial charge is 0 e. The molecule has 0 rings (SSSR count). The van der Waals surface area contributed by atoms with Gasteiger partial charge in [-0.3, -0.25) is 0 Å². The molecule has 0 heterocycles. The third-order valence-corrected chi connectivity index (χ3v) is 0. The Kier molecular flexibility index (Phi) is 1250. The number of rotatable bonds is 0. The molecule has 41 valence electrons. The molecule has 0 aliphatic rings. The average Bonchev–Trinajstić information content (AvgIpc) is 0. The van der Waals surface area contributed by atoms with Crippen LogP contribution in [0.4, 0.5) is 0 Å². The molecule has 1 nitrogen and oxygen atoms in total. The second-order valence-electron chi connectivity index (χ2n) is 0. The quantitative estimate of drug-likeness (QED) is 0.535. The van der Waals surface area contributed by atoms with Gasteiger partial charge in [0.1, 0.15) is 0 Å². The molecular formula is H4Cl4NTi. The fourth-order valence-corrected chi connectivity index (χ4v) is 0. The molecule has 6 heteroatoms. The summed E-state index contributed by atoms with van der Waals surface area (Å²) in [4.78, 5) is 0. The van der Waals surface area contributed by atoms with E-state index in [0.29, 0.717) is 0 Å². The van der Waals surface area contributed by atoms with Crippen molar-refractivity contribution >= 4 is 49.6 Å². The van der Waals surface area contributed by atoms with Gasteiger partial charge in [0.2, 0.25) is 0 Å². The van der Waals surface area contributed by atoms with E-state index in [1.807, 2.05) is 0 Å². The summed E-state index contributed by atoms with van der Waals surface area (Å²) in [5.41, 5.74) is 0. The Morgan fingerprint density at radius 1 is 0.500 bits per heavy atom. The molecule has 0 fully saturated rings. The molecule has 0 bridgehead atoms. The van der Waals surface area contributed by atoms with Crippen molar-refractivity contribution in [2.24, 2.45) is 0 Å². The van der Waals surface area contributed by atoms with Crippen molar-refractivity contribution < 1.29 is 21.7 Å². The van der Waals surface area contributed by atoms with Gasteiger partial charge in [-0.15, -0.1) is 49.6 Å². The normalized spacial score (nSPS) is 0. The first-order valence-electron chi connectivity index (χ1n) is 0. The number of hydrogen-bond donors (Lipinski definition) is 0. The minimum absolute atomic E-state index is 0. The molecule has 6 heavy (non-hydrogen) atoms. The summed E-state index contributed by atoms with van der Waals surface area (Å²) >= 11 is 0. The minimum Gasteiger partial charge on any atom is -0.147 e. The van der Waals surface area contributed by atoms with Gasteiger partial charge in [-0.2, -0.15) is 0 Å². The van der Waals surface area contributed by atoms with Gasteiger partial charge in [0.25, 0.3) is 0 Å². The first kappa shape index (κ1) is 109. The zero-order chi connectivity index (χ0) is 0. The van der Waals surface area contributed by atoms with Crippen LogP contribution < -0.4 is 6.15 Å². The van der Waals surface area contributed by atoms with Gasteiger partial charge in [0.05, 0.1) is 0 Å². The predicted molar refractivity (Wildman–Crippen MR) is 31.1 cm³/mol. The number of hydrogen-bond acceptors (Lipinski definition) is 0. The molecule has 0 atom stereocenters. The Bertz CT molecular complexity index is 7.51. The van der Waals surface area contributed by atoms with Crippen LogP contribution in [0.15, 0.2) is 0 Å². The molecular weight excluding hydrogens is 204 g/mol. The Morgan fingerprint density at radius 3 is 0.500 bits per heavy atom. The fourth-order valence-electron chi connectivity index (χ4n) is 0. The monoisotopic (exact) mass is 206 g/mol. The van der Waals surface area contributed by atoms with E-state index in [-0.39, 0.29) is 77.5 Å². The molecule has 0 aliphatic carbocycles. The first-order chi connectivity index (χ1) is 0. The van der Waals surface area contributed by atoms with E-state index in [2.05, 4.69) is 0 Å². The van der Waals surface area contributed by atoms with E-state index in [9.17, 15) is 0 Å². The Hall–Kier alpha value is 1.83. The molecule has 0 saturated carbocycles. The fraction of sp³-hybridized carbons (Fsp3) is 0. The molecule has 0 N–H and O–H groups in total. The summed E-state index contributed by atoms with van der Waals surface area (Å²) in [5, 5.41) is 0. The minimum atomic E-state index is 0. The summed E-state index contributed by atoms with van der Waals surface area (Å²) in [5.74, 6) is 0. The summed E-state index contributed by atoms with van der Waals surface area (Å²) in [6.07, 6.45) is 0. The van der Waals surface area contributed by atoms with Crippen LogP contribution in [0.2, 0.25) is 0 Å². The van der Waals surface area contributed by atoms with Gasteiger partial charge in [-0.05, 0) is 0 Å². The van der Waals surface area contributed by atoms with Crippen molar-refractivity contribution in [3.8, 4) is 0 Å². The largest absolute Gasteiger partial charge is 0.147 e. The van der Waals surface area contributed by atoms with Crippen molar-refractivity contribution in [3.05, 3.63) is 0 Å². The van der Waals surface area contributed by atoms with Crippen LogP contribution in [-0.2, 0) is 21.7 Å². The van der Waals surface area contributed by atoms with Gasteiger partial charge in [0.15, 0.2) is 0 Å². The SMILES string of the molecule is Cl.Cl.Cl.Cl.[N].[Ti]. The van der Waals surface area contributed by atoms with Gasteiger partial charge < -0.3 is 0 Å².